The van der Waals surface area contributed by atoms with Gasteiger partial charge in [0.15, 0.2) is 11.5 Å². The number of pyridine rings is 1. The minimum atomic E-state index is -4.54. The number of rotatable bonds is 5. The Labute approximate surface area is 141 Å². The molecule has 1 N–H and O–H groups in total. The lowest BCUT2D eigenvalue weighted by atomic mass is 10.1. The quantitative estimate of drug-likeness (QED) is 0.891. The molecule has 0 saturated heterocycles. The van der Waals surface area contributed by atoms with Crippen LogP contribution >= 0.6 is 0 Å². The van der Waals surface area contributed by atoms with E-state index >= 15 is 0 Å². The van der Waals surface area contributed by atoms with Gasteiger partial charge in [0.1, 0.15) is 6.54 Å². The summed E-state index contributed by atoms with van der Waals surface area (Å²) in [5, 5.41) is 2.16. The van der Waals surface area contributed by atoms with Crippen molar-refractivity contribution in [2.45, 2.75) is 19.6 Å². The maximum atomic E-state index is 12.5. The summed E-state index contributed by atoms with van der Waals surface area (Å²) in [6.07, 6.45) is -3.30. The Hall–Kier alpha value is -2.71. The number of carbonyl (C=O) groups is 1. The largest absolute Gasteiger partial charge is 0.493 e. The van der Waals surface area contributed by atoms with E-state index < -0.39 is 18.6 Å². The lowest BCUT2D eigenvalue weighted by Crippen LogP contribution is -2.34. The van der Waals surface area contributed by atoms with Gasteiger partial charge in [-0.1, -0.05) is 0 Å². The third-order valence-electron chi connectivity index (χ3n) is 3.62. The molecule has 0 aliphatic carbocycles. The van der Waals surface area contributed by atoms with Gasteiger partial charge in [0.2, 0.25) is 0 Å². The number of fused-ring (bicyclic) bond motifs is 1. The van der Waals surface area contributed by atoms with Gasteiger partial charge in [0.25, 0.3) is 11.5 Å². The number of methoxy groups -OCH3 is 2. The number of aryl methyl sites for hydroxylation is 1. The van der Waals surface area contributed by atoms with Crippen LogP contribution in [-0.2, 0) is 6.54 Å². The number of aromatic nitrogens is 1. The highest BCUT2D eigenvalue weighted by Crippen LogP contribution is 2.32. The summed E-state index contributed by atoms with van der Waals surface area (Å²) in [7, 11) is 2.77. The molecule has 1 aromatic carbocycles. The van der Waals surface area contributed by atoms with Gasteiger partial charge >= 0.3 is 6.18 Å². The van der Waals surface area contributed by atoms with Gasteiger partial charge in [-0.05, 0) is 19.1 Å². The van der Waals surface area contributed by atoms with Gasteiger partial charge < -0.3 is 19.4 Å². The van der Waals surface area contributed by atoms with E-state index in [1.807, 2.05) is 5.32 Å². The summed E-state index contributed by atoms with van der Waals surface area (Å²) in [5.74, 6) is -0.395. The second kappa shape index (κ2) is 7.04. The molecular weight excluding hydrogens is 341 g/mol. The van der Waals surface area contributed by atoms with Crippen LogP contribution in [0.1, 0.15) is 17.3 Å². The molecule has 1 amide bonds. The van der Waals surface area contributed by atoms with E-state index in [1.165, 1.54) is 37.1 Å². The van der Waals surface area contributed by atoms with Crippen LogP contribution in [-0.4, -0.2) is 37.4 Å². The second-order valence-corrected chi connectivity index (χ2v) is 5.18. The number of halogens is 3. The summed E-state index contributed by atoms with van der Waals surface area (Å²) in [6, 6.07) is 2.81. The van der Waals surface area contributed by atoms with Gasteiger partial charge in [-0.15, -0.1) is 0 Å². The molecule has 0 fully saturated rings. The first-order chi connectivity index (χ1) is 11.7. The molecule has 1 heterocycles. The lowest BCUT2D eigenvalue weighted by molar-refractivity contribution is -0.123. The van der Waals surface area contributed by atoms with Crippen molar-refractivity contribution in [2.24, 2.45) is 0 Å². The molecule has 0 unspecified atom stereocenters. The number of hydrogen-bond acceptors (Lipinski definition) is 4. The van der Waals surface area contributed by atoms with E-state index in [9.17, 15) is 22.8 Å². The summed E-state index contributed by atoms with van der Waals surface area (Å²) in [5.41, 5.74) is -0.438. The predicted molar refractivity (Wildman–Crippen MR) is 85.4 cm³/mol. The fourth-order valence-corrected chi connectivity index (χ4v) is 2.41. The van der Waals surface area contributed by atoms with Crippen LogP contribution in [0.2, 0.25) is 0 Å². The third-order valence-corrected chi connectivity index (χ3v) is 3.62. The van der Waals surface area contributed by atoms with Crippen molar-refractivity contribution >= 4 is 16.7 Å². The molecule has 9 heteroatoms. The molecular formula is C16H17F3N2O4. The standard InChI is InChI=1S/C16H17F3N2O4/c1-4-21-7-11(14(22)20-8-16(17,18)19)9-5-12(24-2)13(25-3)6-10(9)15(21)23/h5-7H,4,8H2,1-3H3,(H,20,22). The Morgan fingerprint density at radius 1 is 1.16 bits per heavy atom. The molecule has 2 rings (SSSR count). The van der Waals surface area contributed by atoms with E-state index in [-0.39, 0.29) is 39.9 Å². The summed E-state index contributed by atoms with van der Waals surface area (Å²) < 4.78 is 48.6. The minimum absolute atomic E-state index is 0.0540. The summed E-state index contributed by atoms with van der Waals surface area (Å²) in [6.45, 7) is 0.472. The highest BCUT2D eigenvalue weighted by atomic mass is 19.4. The van der Waals surface area contributed by atoms with Crippen LogP contribution in [0.5, 0.6) is 11.5 Å². The zero-order chi connectivity index (χ0) is 18.8. The molecule has 0 aliphatic heterocycles. The summed E-state index contributed by atoms with van der Waals surface area (Å²) >= 11 is 0. The van der Waals surface area contributed by atoms with Crippen LogP contribution in [0.3, 0.4) is 0 Å². The Bertz CT molecular complexity index is 859. The maximum absolute atomic E-state index is 12.5. The monoisotopic (exact) mass is 358 g/mol. The van der Waals surface area contributed by atoms with Crippen molar-refractivity contribution in [1.82, 2.24) is 9.88 Å². The van der Waals surface area contributed by atoms with E-state index in [1.54, 1.807) is 6.92 Å². The minimum Gasteiger partial charge on any atom is -0.493 e. The van der Waals surface area contributed by atoms with Gasteiger partial charge in [0, 0.05) is 18.1 Å². The average Bonchev–Trinajstić information content (AvgIpc) is 2.58. The summed E-state index contributed by atoms with van der Waals surface area (Å²) in [4.78, 5) is 24.7. The molecule has 1 aromatic heterocycles. The van der Waals surface area contributed by atoms with Crippen LogP contribution in [0, 0.1) is 0 Å². The average molecular weight is 358 g/mol. The molecule has 6 nitrogen and oxygen atoms in total. The fourth-order valence-electron chi connectivity index (χ4n) is 2.41. The number of nitrogens with one attached hydrogen (secondary N) is 1. The first kappa shape index (κ1) is 18.6. The van der Waals surface area contributed by atoms with Crippen molar-refractivity contribution < 1.29 is 27.4 Å². The number of amides is 1. The van der Waals surface area contributed by atoms with E-state index in [0.29, 0.717) is 0 Å². The maximum Gasteiger partial charge on any atom is 0.405 e. The number of nitrogens with zero attached hydrogens (tertiary/aromatic N) is 1. The SMILES string of the molecule is CCn1cc(C(=O)NCC(F)(F)F)c2cc(OC)c(OC)cc2c1=O. The van der Waals surface area contributed by atoms with Crippen LogP contribution in [0.15, 0.2) is 23.1 Å². The molecule has 25 heavy (non-hydrogen) atoms. The zero-order valence-corrected chi connectivity index (χ0v) is 13.9. The Morgan fingerprint density at radius 3 is 2.20 bits per heavy atom. The van der Waals surface area contributed by atoms with Crippen LogP contribution in [0.4, 0.5) is 13.2 Å². The van der Waals surface area contributed by atoms with E-state index in [4.69, 9.17) is 9.47 Å². The number of benzene rings is 1. The second-order valence-electron chi connectivity index (χ2n) is 5.18. The molecule has 0 bridgehead atoms. The lowest BCUT2D eigenvalue weighted by Gasteiger charge is -2.15. The van der Waals surface area contributed by atoms with E-state index in [2.05, 4.69) is 0 Å². The van der Waals surface area contributed by atoms with Crippen molar-refractivity contribution in [3.63, 3.8) is 0 Å². The number of alkyl halides is 3. The van der Waals surface area contributed by atoms with Crippen LogP contribution < -0.4 is 20.3 Å². The van der Waals surface area contributed by atoms with E-state index in [0.717, 1.165) is 0 Å². The fraction of sp³-hybridized carbons (Fsp3) is 0.375. The topological polar surface area (TPSA) is 69.6 Å². The first-order valence-electron chi connectivity index (χ1n) is 7.36. The Morgan fingerprint density at radius 2 is 1.72 bits per heavy atom. The predicted octanol–water partition coefficient (Wildman–Crippen LogP) is 2.33. The third kappa shape index (κ3) is 3.86. The smallest absolute Gasteiger partial charge is 0.405 e. The highest BCUT2D eigenvalue weighted by Gasteiger charge is 2.28. The molecule has 136 valence electrons. The van der Waals surface area contributed by atoms with Gasteiger partial charge in [-0.3, -0.25) is 9.59 Å². The Balaban J connectivity index is 2.67. The molecule has 0 aliphatic rings. The van der Waals surface area contributed by atoms with Gasteiger partial charge in [0.05, 0.1) is 25.2 Å². The number of hydrogen-bond donors (Lipinski definition) is 1. The zero-order valence-electron chi connectivity index (χ0n) is 13.9. The molecule has 0 radical (unpaired) electrons. The molecule has 0 atom stereocenters. The van der Waals surface area contributed by atoms with Gasteiger partial charge in [-0.25, -0.2) is 0 Å². The van der Waals surface area contributed by atoms with Crippen molar-refractivity contribution in [2.75, 3.05) is 20.8 Å². The normalized spacial score (nSPS) is 11.4. The molecule has 0 spiro atoms. The molecule has 0 saturated carbocycles. The highest BCUT2D eigenvalue weighted by molar-refractivity contribution is 6.07. The van der Waals surface area contributed by atoms with Crippen molar-refractivity contribution in [1.29, 1.82) is 0 Å². The van der Waals surface area contributed by atoms with Gasteiger partial charge in [-0.2, -0.15) is 13.2 Å². The van der Waals surface area contributed by atoms with Crippen LogP contribution in [0.25, 0.3) is 10.8 Å². The molecule has 2 aromatic rings. The first-order valence-corrected chi connectivity index (χ1v) is 7.36. The number of ether oxygens (including phenoxy) is 2. The van der Waals surface area contributed by atoms with Crippen molar-refractivity contribution in [3.8, 4) is 11.5 Å². The number of carbonyl (C=O) groups excluding carboxylic acids is 1. The Kier molecular flexibility index (Phi) is 5.24. The van der Waals surface area contributed by atoms with Crippen molar-refractivity contribution in [3.05, 3.63) is 34.2 Å².